The molecular formula is C17H36N2. The highest BCUT2D eigenvalue weighted by molar-refractivity contribution is 4.95. The predicted octanol–water partition coefficient (Wildman–Crippen LogP) is 4.04. The Balaban J connectivity index is 2.54. The molecule has 0 heterocycles. The molecule has 1 aliphatic rings. The Morgan fingerprint density at radius 1 is 1.21 bits per heavy atom. The molecule has 0 aromatic rings. The van der Waals surface area contributed by atoms with Gasteiger partial charge in [0.05, 0.1) is 0 Å². The SMILES string of the molecule is CCC1CCC(CN)(N(CC)CCCC(C)C)CC1. The number of hydrogen-bond acceptors (Lipinski definition) is 2. The first-order chi connectivity index (χ1) is 9.07. The van der Waals surface area contributed by atoms with Crippen molar-refractivity contribution in [1.29, 1.82) is 0 Å². The van der Waals surface area contributed by atoms with Gasteiger partial charge in [-0.1, -0.05) is 34.1 Å². The molecular weight excluding hydrogens is 232 g/mol. The summed E-state index contributed by atoms with van der Waals surface area (Å²) in [7, 11) is 0. The lowest BCUT2D eigenvalue weighted by molar-refractivity contribution is 0.0438. The lowest BCUT2D eigenvalue weighted by Gasteiger charge is -2.47. The Morgan fingerprint density at radius 3 is 2.26 bits per heavy atom. The number of likely N-dealkylation sites (N-methyl/N-ethyl adjacent to an activating group) is 1. The summed E-state index contributed by atoms with van der Waals surface area (Å²) in [5.41, 5.74) is 6.51. The van der Waals surface area contributed by atoms with Crippen molar-refractivity contribution < 1.29 is 0 Å². The zero-order chi connectivity index (χ0) is 14.3. The van der Waals surface area contributed by atoms with E-state index in [0.717, 1.165) is 24.9 Å². The Kier molecular flexibility index (Phi) is 7.38. The summed E-state index contributed by atoms with van der Waals surface area (Å²) in [6.45, 7) is 12.5. The van der Waals surface area contributed by atoms with E-state index >= 15 is 0 Å². The molecule has 1 saturated carbocycles. The fourth-order valence-corrected chi connectivity index (χ4v) is 3.69. The van der Waals surface area contributed by atoms with Crippen LogP contribution in [0.3, 0.4) is 0 Å². The molecule has 1 fully saturated rings. The summed E-state index contributed by atoms with van der Waals surface area (Å²) in [5.74, 6) is 1.78. The van der Waals surface area contributed by atoms with E-state index in [0.29, 0.717) is 5.54 Å². The molecule has 0 unspecified atom stereocenters. The van der Waals surface area contributed by atoms with E-state index in [9.17, 15) is 0 Å². The quantitative estimate of drug-likeness (QED) is 0.720. The van der Waals surface area contributed by atoms with Crippen molar-refractivity contribution in [3.05, 3.63) is 0 Å². The molecule has 1 aliphatic carbocycles. The molecule has 2 heteroatoms. The fourth-order valence-electron chi connectivity index (χ4n) is 3.69. The zero-order valence-corrected chi connectivity index (χ0v) is 13.8. The third kappa shape index (κ3) is 4.75. The van der Waals surface area contributed by atoms with Crippen molar-refractivity contribution in [2.75, 3.05) is 19.6 Å². The maximum Gasteiger partial charge on any atom is 0.0331 e. The lowest BCUT2D eigenvalue weighted by Crippen LogP contribution is -2.56. The van der Waals surface area contributed by atoms with Crippen LogP contribution in [0.4, 0.5) is 0 Å². The first-order valence-electron chi connectivity index (χ1n) is 8.53. The standard InChI is InChI=1S/C17H36N2/c1-5-16-9-11-17(14-18,12-10-16)19(6-2)13-7-8-15(3)4/h15-16H,5-14,18H2,1-4H3. The minimum absolute atomic E-state index is 0.317. The van der Waals surface area contributed by atoms with Crippen LogP contribution in [0.1, 0.15) is 72.6 Å². The van der Waals surface area contributed by atoms with Gasteiger partial charge in [0, 0.05) is 12.1 Å². The van der Waals surface area contributed by atoms with Crippen LogP contribution in [0.25, 0.3) is 0 Å². The summed E-state index contributed by atoms with van der Waals surface area (Å²) in [5, 5.41) is 0. The number of hydrogen-bond donors (Lipinski definition) is 1. The topological polar surface area (TPSA) is 29.3 Å². The average Bonchev–Trinajstić information content (AvgIpc) is 2.43. The molecule has 0 aromatic heterocycles. The van der Waals surface area contributed by atoms with Gasteiger partial charge in [-0.05, 0) is 63.5 Å². The van der Waals surface area contributed by atoms with Crippen molar-refractivity contribution in [3.8, 4) is 0 Å². The van der Waals surface area contributed by atoms with E-state index in [-0.39, 0.29) is 0 Å². The van der Waals surface area contributed by atoms with Crippen molar-refractivity contribution in [2.24, 2.45) is 17.6 Å². The van der Waals surface area contributed by atoms with Crippen LogP contribution >= 0.6 is 0 Å². The molecule has 1 rings (SSSR count). The van der Waals surface area contributed by atoms with E-state index in [1.54, 1.807) is 0 Å². The van der Waals surface area contributed by atoms with Crippen LogP contribution in [0.5, 0.6) is 0 Å². The maximum absolute atomic E-state index is 6.19. The van der Waals surface area contributed by atoms with Crippen LogP contribution in [0.15, 0.2) is 0 Å². The van der Waals surface area contributed by atoms with Gasteiger partial charge in [-0.2, -0.15) is 0 Å². The van der Waals surface area contributed by atoms with Gasteiger partial charge in [0.15, 0.2) is 0 Å². The Bertz CT molecular complexity index is 229. The molecule has 114 valence electrons. The second kappa shape index (κ2) is 8.26. The van der Waals surface area contributed by atoms with Crippen molar-refractivity contribution in [1.82, 2.24) is 4.90 Å². The van der Waals surface area contributed by atoms with Gasteiger partial charge in [-0.15, -0.1) is 0 Å². The minimum Gasteiger partial charge on any atom is -0.329 e. The third-order valence-corrected chi connectivity index (χ3v) is 5.26. The van der Waals surface area contributed by atoms with Crippen LogP contribution in [0.2, 0.25) is 0 Å². The second-order valence-electron chi connectivity index (χ2n) is 6.90. The van der Waals surface area contributed by atoms with Gasteiger partial charge >= 0.3 is 0 Å². The monoisotopic (exact) mass is 268 g/mol. The van der Waals surface area contributed by atoms with E-state index in [1.165, 1.54) is 51.5 Å². The van der Waals surface area contributed by atoms with Gasteiger partial charge in [-0.25, -0.2) is 0 Å². The smallest absolute Gasteiger partial charge is 0.0331 e. The van der Waals surface area contributed by atoms with Gasteiger partial charge in [0.2, 0.25) is 0 Å². The van der Waals surface area contributed by atoms with Gasteiger partial charge in [0.25, 0.3) is 0 Å². The molecule has 0 atom stereocenters. The summed E-state index contributed by atoms with van der Waals surface area (Å²) in [6.07, 6.45) is 9.41. The molecule has 0 radical (unpaired) electrons. The summed E-state index contributed by atoms with van der Waals surface area (Å²) < 4.78 is 0. The summed E-state index contributed by atoms with van der Waals surface area (Å²) in [6, 6.07) is 0. The highest BCUT2D eigenvalue weighted by atomic mass is 15.2. The maximum atomic E-state index is 6.19. The third-order valence-electron chi connectivity index (χ3n) is 5.26. The molecule has 0 bridgehead atoms. The van der Waals surface area contributed by atoms with E-state index in [4.69, 9.17) is 5.73 Å². The molecule has 2 nitrogen and oxygen atoms in total. The normalized spacial score (nSPS) is 28.3. The Morgan fingerprint density at radius 2 is 1.84 bits per heavy atom. The first-order valence-corrected chi connectivity index (χ1v) is 8.53. The second-order valence-corrected chi connectivity index (χ2v) is 6.90. The molecule has 0 spiro atoms. The lowest BCUT2D eigenvalue weighted by atomic mass is 9.74. The van der Waals surface area contributed by atoms with Crippen LogP contribution in [-0.4, -0.2) is 30.1 Å². The highest BCUT2D eigenvalue weighted by Crippen LogP contribution is 2.37. The molecule has 0 amide bonds. The van der Waals surface area contributed by atoms with Crippen LogP contribution < -0.4 is 5.73 Å². The van der Waals surface area contributed by atoms with E-state index in [1.807, 2.05) is 0 Å². The van der Waals surface area contributed by atoms with Crippen molar-refractivity contribution in [3.63, 3.8) is 0 Å². The van der Waals surface area contributed by atoms with Gasteiger partial charge in [0.1, 0.15) is 0 Å². The highest BCUT2D eigenvalue weighted by Gasteiger charge is 2.37. The summed E-state index contributed by atoms with van der Waals surface area (Å²) >= 11 is 0. The molecule has 2 N–H and O–H groups in total. The Labute approximate surface area is 121 Å². The number of rotatable bonds is 8. The molecule has 19 heavy (non-hydrogen) atoms. The van der Waals surface area contributed by atoms with Gasteiger partial charge in [-0.3, -0.25) is 4.90 Å². The number of nitrogens with zero attached hydrogens (tertiary/aromatic N) is 1. The van der Waals surface area contributed by atoms with Crippen LogP contribution in [-0.2, 0) is 0 Å². The molecule has 0 saturated heterocycles. The Hall–Kier alpha value is -0.0800. The predicted molar refractivity (Wildman–Crippen MR) is 85.4 cm³/mol. The summed E-state index contributed by atoms with van der Waals surface area (Å²) in [4.78, 5) is 2.70. The largest absolute Gasteiger partial charge is 0.329 e. The van der Waals surface area contributed by atoms with Gasteiger partial charge < -0.3 is 5.73 Å². The minimum atomic E-state index is 0.317. The molecule has 0 aromatic carbocycles. The van der Waals surface area contributed by atoms with E-state index < -0.39 is 0 Å². The van der Waals surface area contributed by atoms with Crippen molar-refractivity contribution in [2.45, 2.75) is 78.2 Å². The molecule has 0 aliphatic heterocycles. The number of nitrogens with two attached hydrogens (primary N) is 1. The fraction of sp³-hybridized carbons (Fsp3) is 1.00. The van der Waals surface area contributed by atoms with E-state index in [2.05, 4.69) is 32.6 Å². The average molecular weight is 268 g/mol. The zero-order valence-electron chi connectivity index (χ0n) is 13.8. The van der Waals surface area contributed by atoms with Crippen molar-refractivity contribution >= 4 is 0 Å². The first kappa shape index (κ1) is 17.0. The van der Waals surface area contributed by atoms with Crippen LogP contribution in [0, 0.1) is 11.8 Å².